The van der Waals surface area contributed by atoms with Gasteiger partial charge in [-0.15, -0.1) is 10.2 Å². The lowest BCUT2D eigenvalue weighted by Crippen LogP contribution is -2.36. The lowest BCUT2D eigenvalue weighted by Gasteiger charge is -2.29. The third-order valence-electron chi connectivity index (χ3n) is 6.11. The van der Waals surface area contributed by atoms with E-state index in [0.717, 1.165) is 47.6 Å². The number of carbonyl (C=O) groups excluding carboxylic acids is 1. The highest BCUT2D eigenvalue weighted by Gasteiger charge is 2.23. The largest absolute Gasteiger partial charge is 0.497 e. The zero-order chi connectivity index (χ0) is 23.1. The van der Waals surface area contributed by atoms with Gasteiger partial charge in [0.2, 0.25) is 5.91 Å². The van der Waals surface area contributed by atoms with Gasteiger partial charge in [0, 0.05) is 30.2 Å². The van der Waals surface area contributed by atoms with Crippen LogP contribution >= 0.6 is 11.8 Å². The number of nitrogens with zero attached hydrogens (tertiary/aromatic N) is 6. The molecule has 9 heteroatoms. The number of hydrogen-bond acceptors (Lipinski definition) is 6. The van der Waals surface area contributed by atoms with Crippen molar-refractivity contribution in [2.75, 3.05) is 24.3 Å². The summed E-state index contributed by atoms with van der Waals surface area (Å²) in [7, 11) is 1.65. The second-order valence-electron chi connectivity index (χ2n) is 8.13. The van der Waals surface area contributed by atoms with Crippen molar-refractivity contribution in [3.8, 4) is 17.0 Å². The first-order valence-electron chi connectivity index (χ1n) is 11.1. The molecule has 5 aromatic rings. The number of amides is 1. The van der Waals surface area contributed by atoms with Gasteiger partial charge < -0.3 is 9.64 Å². The van der Waals surface area contributed by atoms with E-state index in [0.29, 0.717) is 16.6 Å². The molecule has 1 amide bonds. The number of para-hydroxylation sites is 1. The summed E-state index contributed by atoms with van der Waals surface area (Å²) in [6.07, 6.45) is 5.76. The third-order valence-corrected chi connectivity index (χ3v) is 7.04. The third kappa shape index (κ3) is 3.58. The minimum absolute atomic E-state index is 0.0844. The minimum Gasteiger partial charge on any atom is -0.497 e. The molecule has 0 saturated heterocycles. The Morgan fingerprint density at radius 2 is 1.94 bits per heavy atom. The van der Waals surface area contributed by atoms with Crippen LogP contribution in [-0.2, 0) is 11.2 Å². The van der Waals surface area contributed by atoms with Crippen LogP contribution in [0.1, 0.15) is 12.0 Å². The number of aryl methyl sites for hydroxylation is 1. The maximum Gasteiger partial charge on any atom is 0.237 e. The molecule has 1 aliphatic heterocycles. The second kappa shape index (κ2) is 8.49. The van der Waals surface area contributed by atoms with Crippen molar-refractivity contribution in [1.82, 2.24) is 24.2 Å². The van der Waals surface area contributed by atoms with E-state index in [1.807, 2.05) is 70.2 Å². The SMILES string of the molecule is COc1ccc(-c2cc3c4nnc(SCC(=O)N5CCCc6ccccc65)n4ccn3n2)cc1. The highest BCUT2D eigenvalue weighted by Crippen LogP contribution is 2.29. The van der Waals surface area contributed by atoms with Crippen LogP contribution in [0.2, 0.25) is 0 Å². The van der Waals surface area contributed by atoms with Crippen LogP contribution in [0.25, 0.3) is 22.4 Å². The molecular formula is C25H22N6O2S. The van der Waals surface area contributed by atoms with Crippen LogP contribution in [0.5, 0.6) is 5.75 Å². The van der Waals surface area contributed by atoms with Gasteiger partial charge in [0.25, 0.3) is 0 Å². The van der Waals surface area contributed by atoms with Gasteiger partial charge >= 0.3 is 0 Å². The Bertz CT molecular complexity index is 1510. The van der Waals surface area contributed by atoms with Crippen LogP contribution < -0.4 is 9.64 Å². The number of rotatable bonds is 5. The van der Waals surface area contributed by atoms with E-state index in [2.05, 4.69) is 21.4 Å². The second-order valence-corrected chi connectivity index (χ2v) is 9.07. The summed E-state index contributed by atoms with van der Waals surface area (Å²) >= 11 is 1.40. The fourth-order valence-electron chi connectivity index (χ4n) is 4.39. The van der Waals surface area contributed by atoms with Gasteiger partial charge in [-0.05, 0) is 54.8 Å². The Hall–Kier alpha value is -3.85. The molecule has 0 atom stereocenters. The van der Waals surface area contributed by atoms with Gasteiger partial charge in [0.15, 0.2) is 10.8 Å². The van der Waals surface area contributed by atoms with Crippen LogP contribution in [0.4, 0.5) is 5.69 Å². The molecule has 1 aliphatic rings. The van der Waals surface area contributed by atoms with E-state index in [1.165, 1.54) is 17.3 Å². The Morgan fingerprint density at radius 1 is 1.09 bits per heavy atom. The quantitative estimate of drug-likeness (QED) is 0.360. The van der Waals surface area contributed by atoms with Crippen molar-refractivity contribution in [2.24, 2.45) is 0 Å². The molecule has 170 valence electrons. The average Bonchev–Trinajstić information content (AvgIpc) is 3.51. The van der Waals surface area contributed by atoms with E-state index in [1.54, 1.807) is 11.6 Å². The standard InChI is InChI=1S/C25H22N6O2S/c1-33-19-10-8-17(9-11-19)20-15-22-24-26-27-25(30(24)13-14-31(22)28-20)34-16-23(32)29-12-4-6-18-5-2-3-7-21(18)29/h2-3,5,7-11,13-15H,4,6,12,16H2,1H3. The number of aromatic nitrogens is 5. The van der Waals surface area contributed by atoms with Crippen LogP contribution in [0, 0.1) is 0 Å². The summed E-state index contributed by atoms with van der Waals surface area (Å²) in [6.45, 7) is 0.752. The van der Waals surface area contributed by atoms with Crippen molar-refractivity contribution in [3.05, 3.63) is 72.6 Å². The van der Waals surface area contributed by atoms with E-state index in [9.17, 15) is 4.79 Å². The molecular weight excluding hydrogens is 448 g/mol. The Kier molecular flexibility index (Phi) is 5.18. The number of carbonyl (C=O) groups is 1. The Morgan fingerprint density at radius 3 is 2.79 bits per heavy atom. The van der Waals surface area contributed by atoms with Gasteiger partial charge in [0.1, 0.15) is 11.3 Å². The normalized spacial score (nSPS) is 13.4. The molecule has 0 saturated carbocycles. The molecule has 0 N–H and O–H groups in total. The molecule has 4 heterocycles. The van der Waals surface area contributed by atoms with Crippen LogP contribution in [0.3, 0.4) is 0 Å². The summed E-state index contributed by atoms with van der Waals surface area (Å²) in [5.74, 6) is 1.19. The molecule has 0 spiro atoms. The molecule has 0 aliphatic carbocycles. The van der Waals surface area contributed by atoms with E-state index in [4.69, 9.17) is 4.74 Å². The first-order chi connectivity index (χ1) is 16.7. The maximum absolute atomic E-state index is 13.0. The summed E-state index contributed by atoms with van der Waals surface area (Å²) in [5, 5.41) is 14.1. The van der Waals surface area contributed by atoms with Crippen molar-refractivity contribution >= 4 is 34.5 Å². The zero-order valence-corrected chi connectivity index (χ0v) is 19.4. The minimum atomic E-state index is 0.0844. The highest BCUT2D eigenvalue weighted by molar-refractivity contribution is 7.99. The average molecular weight is 471 g/mol. The molecule has 0 unspecified atom stereocenters. The zero-order valence-electron chi connectivity index (χ0n) is 18.6. The van der Waals surface area contributed by atoms with Crippen molar-refractivity contribution in [1.29, 1.82) is 0 Å². The van der Waals surface area contributed by atoms with E-state index in [-0.39, 0.29) is 5.91 Å². The smallest absolute Gasteiger partial charge is 0.237 e. The summed E-state index contributed by atoms with van der Waals surface area (Å²) < 4.78 is 8.96. The van der Waals surface area contributed by atoms with Gasteiger partial charge in [-0.25, -0.2) is 4.52 Å². The number of anilines is 1. The molecule has 3 aromatic heterocycles. The lowest BCUT2D eigenvalue weighted by atomic mass is 10.0. The van der Waals surface area contributed by atoms with Gasteiger partial charge in [-0.1, -0.05) is 30.0 Å². The predicted octanol–water partition coefficient (Wildman–Crippen LogP) is 4.12. The van der Waals surface area contributed by atoms with Gasteiger partial charge in [0.05, 0.1) is 18.6 Å². The molecule has 0 radical (unpaired) electrons. The number of hydrogen-bond donors (Lipinski definition) is 0. The Balaban J connectivity index is 1.25. The first kappa shape index (κ1) is 20.7. The molecule has 0 fully saturated rings. The van der Waals surface area contributed by atoms with Crippen molar-refractivity contribution in [2.45, 2.75) is 18.0 Å². The summed E-state index contributed by atoms with van der Waals surface area (Å²) in [5.41, 5.74) is 5.64. The number of thioether (sulfide) groups is 1. The topological polar surface area (TPSA) is 77.0 Å². The number of ether oxygens (including phenoxy) is 1. The maximum atomic E-state index is 13.0. The summed E-state index contributed by atoms with van der Waals surface area (Å²) in [4.78, 5) is 14.9. The van der Waals surface area contributed by atoms with E-state index >= 15 is 0 Å². The summed E-state index contributed by atoms with van der Waals surface area (Å²) in [6, 6.07) is 17.9. The molecule has 0 bridgehead atoms. The number of benzene rings is 2. The molecule has 2 aromatic carbocycles. The molecule has 6 rings (SSSR count). The fourth-order valence-corrected chi connectivity index (χ4v) is 5.18. The van der Waals surface area contributed by atoms with Crippen molar-refractivity contribution in [3.63, 3.8) is 0 Å². The van der Waals surface area contributed by atoms with Crippen molar-refractivity contribution < 1.29 is 9.53 Å². The highest BCUT2D eigenvalue weighted by atomic mass is 32.2. The number of fused-ring (bicyclic) bond motifs is 4. The van der Waals surface area contributed by atoms with Crippen LogP contribution in [-0.4, -0.2) is 49.5 Å². The first-order valence-corrected chi connectivity index (χ1v) is 12.1. The van der Waals surface area contributed by atoms with Gasteiger partial charge in [-0.3, -0.25) is 9.20 Å². The molecule has 34 heavy (non-hydrogen) atoms. The van der Waals surface area contributed by atoms with Gasteiger partial charge in [-0.2, -0.15) is 5.10 Å². The Labute approximate surface area is 200 Å². The van der Waals surface area contributed by atoms with E-state index < -0.39 is 0 Å². The predicted molar refractivity (Wildman–Crippen MR) is 132 cm³/mol. The monoisotopic (exact) mass is 470 g/mol. The lowest BCUT2D eigenvalue weighted by molar-refractivity contribution is -0.116. The van der Waals surface area contributed by atoms with Crippen LogP contribution in [0.15, 0.2) is 72.1 Å². The fraction of sp³-hybridized carbons (Fsp3) is 0.200. The molecule has 8 nitrogen and oxygen atoms in total. The number of methoxy groups -OCH3 is 1.